The minimum absolute atomic E-state index is 0.0652. The first kappa shape index (κ1) is 27.3. The maximum absolute atomic E-state index is 13.5. The summed E-state index contributed by atoms with van der Waals surface area (Å²) < 4.78 is 6.11. The first-order valence-corrected chi connectivity index (χ1v) is 13.2. The van der Waals surface area contributed by atoms with Crippen LogP contribution in [0.2, 0.25) is 0 Å². The quantitative estimate of drug-likeness (QED) is 0.435. The zero-order valence-corrected chi connectivity index (χ0v) is 22.9. The molecule has 3 N–H and O–H groups in total. The number of para-hydroxylation sites is 1. The summed E-state index contributed by atoms with van der Waals surface area (Å²) in [6.07, 6.45) is 7.42. The molecular weight excluding hydrogens is 476 g/mol. The third-order valence-electron chi connectivity index (χ3n) is 7.80. The Labute approximate surface area is 225 Å². The number of nitrogens with zero attached hydrogens (tertiary/aromatic N) is 1. The molecule has 3 atom stereocenters. The number of amides is 2. The Morgan fingerprint density at radius 2 is 1.97 bits per heavy atom. The molecule has 0 spiro atoms. The fourth-order valence-corrected chi connectivity index (χ4v) is 5.30. The molecule has 38 heavy (non-hydrogen) atoms. The van der Waals surface area contributed by atoms with Gasteiger partial charge in [0.05, 0.1) is 18.5 Å². The number of terminal acetylenes is 1. The van der Waals surface area contributed by atoms with Gasteiger partial charge in [-0.15, -0.1) is 12.3 Å². The number of hydrogen-bond donors (Lipinski definition) is 3. The molecule has 0 aliphatic carbocycles. The molecule has 200 valence electrons. The van der Waals surface area contributed by atoms with Crippen LogP contribution < -0.4 is 15.4 Å². The normalized spacial score (nSPS) is 23.1. The second-order valence-electron chi connectivity index (χ2n) is 11.5. The van der Waals surface area contributed by atoms with E-state index in [-0.39, 0.29) is 36.2 Å². The highest BCUT2D eigenvalue weighted by Gasteiger charge is 2.43. The van der Waals surface area contributed by atoms with Gasteiger partial charge < -0.3 is 15.4 Å². The predicted octanol–water partition coefficient (Wildman–Crippen LogP) is 5.34. The maximum atomic E-state index is 13.5. The Bertz CT molecular complexity index is 1260. The number of ether oxygens (including phenoxy) is 1. The molecule has 1 fully saturated rings. The van der Waals surface area contributed by atoms with E-state index in [4.69, 9.17) is 16.6 Å². The van der Waals surface area contributed by atoms with E-state index in [0.29, 0.717) is 24.8 Å². The Kier molecular flexibility index (Phi) is 7.55. The fourth-order valence-electron chi connectivity index (χ4n) is 5.30. The predicted molar refractivity (Wildman–Crippen MR) is 149 cm³/mol. The summed E-state index contributed by atoms with van der Waals surface area (Å²) >= 11 is 0. The van der Waals surface area contributed by atoms with Crippen molar-refractivity contribution in [1.82, 2.24) is 15.5 Å². The average Bonchev–Trinajstić information content (AvgIpc) is 2.84. The molecule has 2 aliphatic rings. The molecular formula is C31H38N4O3. The van der Waals surface area contributed by atoms with Gasteiger partial charge >= 0.3 is 0 Å². The highest BCUT2D eigenvalue weighted by atomic mass is 16.5. The Morgan fingerprint density at radius 1 is 1.24 bits per heavy atom. The summed E-state index contributed by atoms with van der Waals surface area (Å²) in [5.74, 6) is 3.35. The summed E-state index contributed by atoms with van der Waals surface area (Å²) in [5, 5.41) is 15.2. The number of guanidine groups is 1. The van der Waals surface area contributed by atoms with Gasteiger partial charge in [0.25, 0.3) is 5.91 Å². The topological polar surface area (TPSA) is 94.5 Å². The molecule has 2 heterocycles. The smallest absolute Gasteiger partial charge is 0.251 e. The molecule has 1 unspecified atom stereocenters. The summed E-state index contributed by atoms with van der Waals surface area (Å²) in [5.41, 5.74) is 1.31. The summed E-state index contributed by atoms with van der Waals surface area (Å²) in [6, 6.07) is 14.4. The van der Waals surface area contributed by atoms with Crippen molar-refractivity contribution >= 4 is 17.8 Å². The molecule has 2 aromatic rings. The maximum Gasteiger partial charge on any atom is 0.251 e. The third kappa shape index (κ3) is 5.55. The van der Waals surface area contributed by atoms with Crippen LogP contribution in [0.15, 0.2) is 48.5 Å². The van der Waals surface area contributed by atoms with Gasteiger partial charge in [-0.25, -0.2) is 0 Å². The number of nitrogens with one attached hydrogen (secondary N) is 3. The highest BCUT2D eigenvalue weighted by Crippen LogP contribution is 2.39. The van der Waals surface area contributed by atoms with Crippen LogP contribution in [0.3, 0.4) is 0 Å². The van der Waals surface area contributed by atoms with E-state index in [9.17, 15) is 9.59 Å². The number of fused-ring (bicyclic) bond motifs is 1. The Hall–Kier alpha value is -3.79. The van der Waals surface area contributed by atoms with Crippen LogP contribution in [0.1, 0.15) is 93.9 Å². The molecule has 0 aromatic heterocycles. The monoisotopic (exact) mass is 514 g/mol. The van der Waals surface area contributed by atoms with Crippen LogP contribution in [0.25, 0.3) is 0 Å². The van der Waals surface area contributed by atoms with Crippen molar-refractivity contribution in [3.8, 4) is 18.1 Å². The summed E-state index contributed by atoms with van der Waals surface area (Å²) in [7, 11) is 0. The van der Waals surface area contributed by atoms with Crippen molar-refractivity contribution in [2.45, 2.75) is 83.5 Å². The number of carbonyl (C=O) groups excluding carboxylic acids is 2. The second-order valence-corrected chi connectivity index (χ2v) is 11.5. The first-order valence-electron chi connectivity index (χ1n) is 13.2. The van der Waals surface area contributed by atoms with Crippen LogP contribution in [0.4, 0.5) is 0 Å². The lowest BCUT2D eigenvalue weighted by Crippen LogP contribution is -2.63. The zero-order chi connectivity index (χ0) is 27.7. The zero-order valence-electron chi connectivity index (χ0n) is 22.9. The molecule has 7 nitrogen and oxygen atoms in total. The minimum atomic E-state index is -0.489. The van der Waals surface area contributed by atoms with E-state index in [1.54, 1.807) is 6.07 Å². The SMILES string of the molecule is C#CCCC(c1cccc(C(=O)N[C@H]2CC(C)(C)Oc3ccccc32)c1)N1C(=N)N[C@](C)(C(C)C)CC1=O. The van der Waals surface area contributed by atoms with Crippen molar-refractivity contribution in [2.75, 3.05) is 0 Å². The van der Waals surface area contributed by atoms with E-state index in [0.717, 1.165) is 16.9 Å². The van der Waals surface area contributed by atoms with Crippen LogP contribution >= 0.6 is 0 Å². The van der Waals surface area contributed by atoms with Crippen molar-refractivity contribution < 1.29 is 14.3 Å². The van der Waals surface area contributed by atoms with Gasteiger partial charge in [-0.05, 0) is 56.9 Å². The van der Waals surface area contributed by atoms with E-state index >= 15 is 0 Å². The van der Waals surface area contributed by atoms with Gasteiger partial charge in [0.2, 0.25) is 5.91 Å². The Balaban J connectivity index is 1.60. The second kappa shape index (κ2) is 10.5. The number of benzene rings is 2. The van der Waals surface area contributed by atoms with Crippen molar-refractivity contribution in [1.29, 1.82) is 5.41 Å². The minimum Gasteiger partial charge on any atom is -0.487 e. The molecule has 0 bridgehead atoms. The molecule has 2 amide bonds. The molecule has 2 aliphatic heterocycles. The van der Waals surface area contributed by atoms with Gasteiger partial charge in [-0.2, -0.15) is 0 Å². The van der Waals surface area contributed by atoms with Crippen LogP contribution in [0.5, 0.6) is 5.75 Å². The summed E-state index contributed by atoms with van der Waals surface area (Å²) in [4.78, 5) is 28.3. The van der Waals surface area contributed by atoms with Crippen molar-refractivity contribution in [2.24, 2.45) is 5.92 Å². The van der Waals surface area contributed by atoms with Gasteiger partial charge in [-0.3, -0.25) is 19.9 Å². The van der Waals surface area contributed by atoms with Gasteiger partial charge in [0.15, 0.2) is 5.96 Å². The number of rotatable bonds is 7. The van der Waals surface area contributed by atoms with E-state index in [1.807, 2.05) is 77.1 Å². The standard InChI is InChI=1S/C31H38N4O3/c1-7-8-15-25(35-27(36)19-31(6,20(2)3)34-29(35)32)21-12-11-13-22(17-21)28(37)33-24-18-30(4,5)38-26-16-10-9-14-23(24)26/h1,9-14,16-17,20,24-25H,8,15,18-19H2,2-6H3,(H2,32,34)(H,33,37)/t24-,25?,31-/m0/s1. The molecule has 4 rings (SSSR count). The van der Waals surface area contributed by atoms with Gasteiger partial charge in [-0.1, -0.05) is 44.2 Å². The average molecular weight is 515 g/mol. The lowest BCUT2D eigenvalue weighted by molar-refractivity contribution is -0.133. The lowest BCUT2D eigenvalue weighted by atomic mass is 9.82. The van der Waals surface area contributed by atoms with Crippen LogP contribution in [-0.2, 0) is 4.79 Å². The van der Waals surface area contributed by atoms with E-state index in [2.05, 4.69) is 16.6 Å². The largest absolute Gasteiger partial charge is 0.487 e. The third-order valence-corrected chi connectivity index (χ3v) is 7.80. The number of carbonyl (C=O) groups is 2. The molecule has 1 saturated heterocycles. The molecule has 2 aromatic carbocycles. The number of hydrogen-bond acceptors (Lipinski definition) is 4. The van der Waals surface area contributed by atoms with Gasteiger partial charge in [0, 0.05) is 29.5 Å². The van der Waals surface area contributed by atoms with Crippen molar-refractivity contribution in [3.63, 3.8) is 0 Å². The van der Waals surface area contributed by atoms with Crippen molar-refractivity contribution in [3.05, 3.63) is 65.2 Å². The van der Waals surface area contributed by atoms with Gasteiger partial charge in [0.1, 0.15) is 11.4 Å². The van der Waals surface area contributed by atoms with Crippen LogP contribution in [0, 0.1) is 23.7 Å². The molecule has 0 saturated carbocycles. The highest BCUT2D eigenvalue weighted by molar-refractivity contribution is 6.00. The molecule has 7 heteroatoms. The summed E-state index contributed by atoms with van der Waals surface area (Å²) in [6.45, 7) is 10.1. The fraction of sp³-hybridized carbons (Fsp3) is 0.452. The lowest BCUT2D eigenvalue weighted by Gasteiger charge is -2.45. The van der Waals surface area contributed by atoms with E-state index in [1.165, 1.54) is 4.90 Å². The first-order chi connectivity index (χ1) is 17.9. The van der Waals surface area contributed by atoms with Crippen LogP contribution in [-0.4, -0.2) is 33.8 Å². The Morgan fingerprint density at radius 3 is 2.66 bits per heavy atom. The van der Waals surface area contributed by atoms with E-state index < -0.39 is 17.2 Å². The molecule has 0 radical (unpaired) electrons.